The van der Waals surface area contributed by atoms with Gasteiger partial charge in [0.25, 0.3) is 0 Å². The average molecular weight is 343 g/mol. The number of aryl methyl sites for hydroxylation is 1. The van der Waals surface area contributed by atoms with E-state index in [0.29, 0.717) is 12.3 Å². The van der Waals surface area contributed by atoms with Gasteiger partial charge >= 0.3 is 5.97 Å². The molecule has 3 nitrogen and oxygen atoms in total. The van der Waals surface area contributed by atoms with Crippen molar-refractivity contribution >= 4 is 39.5 Å². The van der Waals surface area contributed by atoms with E-state index in [2.05, 4.69) is 46.6 Å². The van der Waals surface area contributed by atoms with Crippen LogP contribution in [0.4, 0.5) is 0 Å². The van der Waals surface area contributed by atoms with Gasteiger partial charge in [-0.3, -0.25) is 0 Å². The summed E-state index contributed by atoms with van der Waals surface area (Å²) in [7, 11) is 0. The Morgan fingerprint density at radius 3 is 2.82 bits per heavy atom. The van der Waals surface area contributed by atoms with E-state index in [1.54, 1.807) is 0 Å². The fraction of sp³-hybridized carbons (Fsp3) is 0.308. The van der Waals surface area contributed by atoms with Gasteiger partial charge < -0.3 is 9.72 Å². The monoisotopic (exact) mass is 343 g/mol. The van der Waals surface area contributed by atoms with E-state index in [-0.39, 0.29) is 5.97 Å². The van der Waals surface area contributed by atoms with Crippen molar-refractivity contribution in [2.75, 3.05) is 6.61 Å². The number of esters is 1. The molecule has 1 aromatic carbocycles. The quantitative estimate of drug-likeness (QED) is 0.685. The first-order valence-corrected chi connectivity index (χ1v) is 6.72. The maximum absolute atomic E-state index is 11.7. The number of aromatic amines is 1. The lowest BCUT2D eigenvalue weighted by Gasteiger charge is -1.98. The smallest absolute Gasteiger partial charge is 0.355 e. The Kier molecular flexibility index (Phi) is 3.71. The molecule has 0 fully saturated rings. The van der Waals surface area contributed by atoms with Gasteiger partial charge in [0, 0.05) is 10.9 Å². The van der Waals surface area contributed by atoms with Crippen molar-refractivity contribution in [2.45, 2.75) is 20.3 Å². The summed E-state index contributed by atoms with van der Waals surface area (Å²) in [6.07, 6.45) is 0.992. The van der Waals surface area contributed by atoms with Crippen LogP contribution in [0, 0.1) is 3.57 Å². The number of carbonyl (C=O) groups is 1. The second kappa shape index (κ2) is 5.08. The highest BCUT2D eigenvalue weighted by Crippen LogP contribution is 2.26. The first-order valence-electron chi connectivity index (χ1n) is 5.64. The molecule has 1 N–H and O–H groups in total. The fourth-order valence-electron chi connectivity index (χ4n) is 1.77. The number of halogens is 1. The van der Waals surface area contributed by atoms with E-state index in [9.17, 15) is 4.79 Å². The molecule has 0 saturated heterocycles. The molecule has 0 aliphatic heterocycles. The number of hydrogen-bond donors (Lipinski definition) is 1. The third-order valence-electron chi connectivity index (χ3n) is 2.69. The predicted molar refractivity (Wildman–Crippen MR) is 76.4 cm³/mol. The van der Waals surface area contributed by atoms with Crippen molar-refractivity contribution in [1.29, 1.82) is 0 Å². The molecule has 0 saturated carbocycles. The van der Waals surface area contributed by atoms with E-state index < -0.39 is 0 Å². The molecule has 1 heterocycles. The first kappa shape index (κ1) is 12.4. The van der Waals surface area contributed by atoms with Crippen LogP contribution in [0.5, 0.6) is 0 Å². The molecule has 4 heteroatoms. The van der Waals surface area contributed by atoms with Gasteiger partial charge in [-0.1, -0.05) is 13.0 Å². The van der Waals surface area contributed by atoms with E-state index in [4.69, 9.17) is 4.74 Å². The molecule has 0 atom stereocenters. The molecule has 2 rings (SSSR count). The third kappa shape index (κ3) is 2.31. The Labute approximate surface area is 114 Å². The number of H-pyrrole nitrogens is 1. The normalized spacial score (nSPS) is 10.8. The summed E-state index contributed by atoms with van der Waals surface area (Å²) in [6.45, 7) is 4.32. The predicted octanol–water partition coefficient (Wildman–Crippen LogP) is 3.51. The van der Waals surface area contributed by atoms with Gasteiger partial charge in [0.15, 0.2) is 0 Å². The van der Waals surface area contributed by atoms with Crippen LogP contribution in [0.15, 0.2) is 18.2 Å². The summed E-state index contributed by atoms with van der Waals surface area (Å²) < 4.78 is 5.96. The zero-order valence-corrected chi connectivity index (χ0v) is 12.0. The van der Waals surface area contributed by atoms with Gasteiger partial charge in [0.05, 0.1) is 10.2 Å². The molecular formula is C13H14INO2. The van der Waals surface area contributed by atoms with Gasteiger partial charge in [0.1, 0.15) is 5.69 Å². The molecule has 0 bridgehead atoms. The summed E-state index contributed by atoms with van der Waals surface area (Å²) in [4.78, 5) is 14.8. The Morgan fingerprint density at radius 1 is 1.41 bits per heavy atom. The van der Waals surface area contributed by atoms with Crippen molar-refractivity contribution < 1.29 is 9.53 Å². The minimum atomic E-state index is -0.286. The van der Waals surface area contributed by atoms with E-state index in [0.717, 1.165) is 20.9 Å². The van der Waals surface area contributed by atoms with Crippen molar-refractivity contribution in [3.63, 3.8) is 0 Å². The molecule has 90 valence electrons. The van der Waals surface area contributed by atoms with Crippen molar-refractivity contribution in [1.82, 2.24) is 4.98 Å². The second-order valence-electron chi connectivity index (χ2n) is 3.77. The second-order valence-corrected chi connectivity index (χ2v) is 4.85. The summed E-state index contributed by atoms with van der Waals surface area (Å²) in [5, 5.41) is 1.09. The van der Waals surface area contributed by atoms with Crippen LogP contribution in [0.1, 0.15) is 29.9 Å². The van der Waals surface area contributed by atoms with Crippen LogP contribution in [-0.2, 0) is 11.2 Å². The zero-order valence-electron chi connectivity index (χ0n) is 9.84. The molecule has 0 aliphatic carbocycles. The lowest BCUT2D eigenvalue weighted by molar-refractivity contribution is 0.0519. The SMILES string of the molecule is CCOC(=O)c1[nH]c2ccc(CC)cc2c1I. The summed E-state index contributed by atoms with van der Waals surface area (Å²) in [5.74, 6) is -0.286. The van der Waals surface area contributed by atoms with Crippen LogP contribution in [0.25, 0.3) is 10.9 Å². The molecule has 0 spiro atoms. The maximum Gasteiger partial charge on any atom is 0.355 e. The summed E-state index contributed by atoms with van der Waals surface area (Å²) >= 11 is 2.19. The van der Waals surface area contributed by atoms with Gasteiger partial charge in [-0.15, -0.1) is 0 Å². The number of benzene rings is 1. The lowest BCUT2D eigenvalue weighted by atomic mass is 10.1. The van der Waals surface area contributed by atoms with Gasteiger partial charge in [-0.25, -0.2) is 4.79 Å². The Morgan fingerprint density at radius 2 is 2.18 bits per heavy atom. The Hall–Kier alpha value is -1.04. The topological polar surface area (TPSA) is 42.1 Å². The molecule has 1 aromatic heterocycles. The first-order chi connectivity index (χ1) is 8.17. The van der Waals surface area contributed by atoms with Crippen molar-refractivity contribution in [2.24, 2.45) is 0 Å². The summed E-state index contributed by atoms with van der Waals surface area (Å²) in [5.41, 5.74) is 2.80. The van der Waals surface area contributed by atoms with Crippen LogP contribution >= 0.6 is 22.6 Å². The molecular weight excluding hydrogens is 329 g/mol. The largest absolute Gasteiger partial charge is 0.461 e. The number of hydrogen-bond acceptors (Lipinski definition) is 2. The van der Waals surface area contributed by atoms with Gasteiger partial charge in [0.2, 0.25) is 0 Å². The van der Waals surface area contributed by atoms with Crippen LogP contribution in [-0.4, -0.2) is 17.6 Å². The maximum atomic E-state index is 11.7. The van der Waals surface area contributed by atoms with Crippen molar-refractivity contribution in [3.8, 4) is 0 Å². The summed E-state index contributed by atoms with van der Waals surface area (Å²) in [6, 6.07) is 6.21. The fourth-order valence-corrected chi connectivity index (χ4v) is 2.57. The third-order valence-corrected chi connectivity index (χ3v) is 3.81. The van der Waals surface area contributed by atoms with E-state index >= 15 is 0 Å². The Bertz CT molecular complexity index is 560. The molecule has 17 heavy (non-hydrogen) atoms. The molecule has 2 aromatic rings. The molecule has 0 radical (unpaired) electrons. The highest BCUT2D eigenvalue weighted by molar-refractivity contribution is 14.1. The van der Waals surface area contributed by atoms with Gasteiger partial charge in [-0.05, 0) is 53.6 Å². The lowest BCUT2D eigenvalue weighted by Crippen LogP contribution is -2.06. The highest BCUT2D eigenvalue weighted by atomic mass is 127. The highest BCUT2D eigenvalue weighted by Gasteiger charge is 2.16. The average Bonchev–Trinajstić information content (AvgIpc) is 2.67. The number of aromatic nitrogens is 1. The Balaban J connectivity index is 2.53. The van der Waals surface area contributed by atoms with Crippen LogP contribution < -0.4 is 0 Å². The number of nitrogens with one attached hydrogen (secondary N) is 1. The minimum Gasteiger partial charge on any atom is -0.461 e. The number of rotatable bonds is 3. The zero-order chi connectivity index (χ0) is 12.4. The molecule has 0 aliphatic rings. The van der Waals surface area contributed by atoms with Crippen LogP contribution in [0.2, 0.25) is 0 Å². The molecule has 0 unspecified atom stereocenters. The molecule has 0 amide bonds. The van der Waals surface area contributed by atoms with E-state index in [1.807, 2.05) is 13.0 Å². The number of carbonyl (C=O) groups excluding carboxylic acids is 1. The number of fused-ring (bicyclic) bond motifs is 1. The standard InChI is InChI=1S/C13H14INO2/c1-3-8-5-6-10-9(7-8)11(14)12(15-10)13(16)17-4-2/h5-7,15H,3-4H2,1-2H3. The van der Waals surface area contributed by atoms with E-state index in [1.165, 1.54) is 5.56 Å². The van der Waals surface area contributed by atoms with Crippen LogP contribution in [0.3, 0.4) is 0 Å². The van der Waals surface area contributed by atoms with Crippen molar-refractivity contribution in [3.05, 3.63) is 33.0 Å². The minimum absolute atomic E-state index is 0.286. The van der Waals surface area contributed by atoms with Gasteiger partial charge in [-0.2, -0.15) is 0 Å². The number of ether oxygens (including phenoxy) is 1.